The Hall–Kier alpha value is -1.85. The number of hydrogen-bond donors (Lipinski definition) is 3. The Kier molecular flexibility index (Phi) is 17.3. The van der Waals surface area contributed by atoms with E-state index in [0.717, 1.165) is 25.7 Å². The maximum absolute atomic E-state index is 11.7. The van der Waals surface area contributed by atoms with Crippen LogP contribution in [0.25, 0.3) is 0 Å². The highest BCUT2D eigenvalue weighted by molar-refractivity contribution is 5.96. The molecular formula is C22H41N3O3. The standard InChI is InChI=1S/C22H41N3O3/c1-3-4-5-6-7-8-9-10-11-12-13-14-15-16-17-18-20(26)24-22(23)25(2)19-21(27)28/h12-13H,3-11,14-19H2,1-2H3,(H,27,28)(H2,23,24,26)/b13-12-. The summed E-state index contributed by atoms with van der Waals surface area (Å²) in [6.07, 6.45) is 20.8. The van der Waals surface area contributed by atoms with E-state index in [1.807, 2.05) is 0 Å². The van der Waals surface area contributed by atoms with Crippen LogP contribution in [0.5, 0.6) is 0 Å². The van der Waals surface area contributed by atoms with Gasteiger partial charge >= 0.3 is 5.97 Å². The van der Waals surface area contributed by atoms with E-state index in [0.29, 0.717) is 6.42 Å². The van der Waals surface area contributed by atoms with Gasteiger partial charge in [0.2, 0.25) is 5.91 Å². The van der Waals surface area contributed by atoms with Crippen LogP contribution in [-0.4, -0.2) is 41.4 Å². The van der Waals surface area contributed by atoms with Crippen molar-refractivity contribution in [1.82, 2.24) is 10.2 Å². The molecule has 1 amide bonds. The number of unbranched alkanes of at least 4 members (excludes halogenated alkanes) is 11. The highest BCUT2D eigenvalue weighted by Crippen LogP contribution is 2.10. The molecule has 0 rings (SSSR count). The molecule has 6 nitrogen and oxygen atoms in total. The molecule has 0 aromatic rings. The lowest BCUT2D eigenvalue weighted by molar-refractivity contribution is -0.137. The van der Waals surface area contributed by atoms with Crippen LogP contribution in [0.4, 0.5) is 0 Å². The summed E-state index contributed by atoms with van der Waals surface area (Å²) >= 11 is 0. The molecule has 0 aliphatic heterocycles. The second kappa shape index (κ2) is 18.5. The molecular weight excluding hydrogens is 354 g/mol. The molecule has 0 aromatic heterocycles. The number of carboxylic acid groups (broad SMARTS) is 1. The lowest BCUT2D eigenvalue weighted by Crippen LogP contribution is -2.43. The first-order valence-electron chi connectivity index (χ1n) is 10.9. The number of guanidine groups is 1. The van der Waals surface area contributed by atoms with Gasteiger partial charge in [-0.3, -0.25) is 20.3 Å². The van der Waals surface area contributed by atoms with Crippen LogP contribution in [0.3, 0.4) is 0 Å². The van der Waals surface area contributed by atoms with Crippen LogP contribution in [0.1, 0.15) is 96.8 Å². The minimum absolute atomic E-state index is 0.170. The molecule has 162 valence electrons. The maximum Gasteiger partial charge on any atom is 0.323 e. The molecule has 0 heterocycles. The molecule has 28 heavy (non-hydrogen) atoms. The summed E-state index contributed by atoms with van der Waals surface area (Å²) in [5, 5.41) is 18.7. The van der Waals surface area contributed by atoms with Crippen LogP contribution in [0, 0.1) is 5.41 Å². The summed E-state index contributed by atoms with van der Waals surface area (Å²) in [7, 11) is 1.47. The second-order valence-electron chi connectivity index (χ2n) is 7.48. The van der Waals surface area contributed by atoms with Crippen molar-refractivity contribution in [2.45, 2.75) is 96.8 Å². The molecule has 6 heteroatoms. The number of nitrogens with one attached hydrogen (secondary N) is 2. The molecule has 0 saturated heterocycles. The first-order chi connectivity index (χ1) is 13.5. The summed E-state index contributed by atoms with van der Waals surface area (Å²) in [5.41, 5.74) is 0. The van der Waals surface area contributed by atoms with Crippen LogP contribution in [0.15, 0.2) is 12.2 Å². The zero-order valence-corrected chi connectivity index (χ0v) is 18.0. The highest BCUT2D eigenvalue weighted by Gasteiger charge is 2.11. The average molecular weight is 396 g/mol. The van der Waals surface area contributed by atoms with E-state index < -0.39 is 5.97 Å². The highest BCUT2D eigenvalue weighted by atomic mass is 16.4. The summed E-state index contributed by atoms with van der Waals surface area (Å²) < 4.78 is 0. The van der Waals surface area contributed by atoms with Crippen molar-refractivity contribution in [3.05, 3.63) is 12.2 Å². The predicted molar refractivity (Wildman–Crippen MR) is 116 cm³/mol. The fourth-order valence-electron chi connectivity index (χ4n) is 2.93. The van der Waals surface area contributed by atoms with Gasteiger partial charge in [-0.1, -0.05) is 70.4 Å². The first kappa shape index (κ1) is 26.1. The summed E-state index contributed by atoms with van der Waals surface area (Å²) in [6, 6.07) is 0. The Morgan fingerprint density at radius 1 is 0.893 bits per heavy atom. The van der Waals surface area contributed by atoms with Crippen molar-refractivity contribution in [1.29, 1.82) is 5.41 Å². The lowest BCUT2D eigenvalue weighted by Gasteiger charge is -2.17. The molecule has 0 bridgehead atoms. The van der Waals surface area contributed by atoms with E-state index in [4.69, 9.17) is 10.5 Å². The minimum Gasteiger partial charge on any atom is -0.480 e. The predicted octanol–water partition coefficient (Wildman–Crippen LogP) is 5.09. The Morgan fingerprint density at radius 2 is 1.39 bits per heavy atom. The molecule has 0 aliphatic carbocycles. The number of carbonyl (C=O) groups excluding carboxylic acids is 1. The SMILES string of the molecule is CCCCCCCCCC/C=C\CCCCCC(=O)NC(=N)N(C)CC(=O)O. The van der Waals surface area contributed by atoms with Gasteiger partial charge in [-0.15, -0.1) is 0 Å². The molecule has 0 aliphatic rings. The average Bonchev–Trinajstić information content (AvgIpc) is 2.64. The third-order valence-electron chi connectivity index (χ3n) is 4.68. The lowest BCUT2D eigenvalue weighted by atomic mass is 10.1. The fourth-order valence-corrected chi connectivity index (χ4v) is 2.93. The number of aliphatic carboxylic acids is 1. The molecule has 0 aromatic carbocycles. The minimum atomic E-state index is -1.03. The van der Waals surface area contributed by atoms with Gasteiger partial charge in [0, 0.05) is 13.5 Å². The van der Waals surface area contributed by atoms with Gasteiger partial charge in [0.1, 0.15) is 6.54 Å². The number of allylic oxidation sites excluding steroid dienone is 2. The number of carbonyl (C=O) groups is 2. The third kappa shape index (κ3) is 17.6. The first-order valence-corrected chi connectivity index (χ1v) is 10.9. The van der Waals surface area contributed by atoms with Crippen LogP contribution >= 0.6 is 0 Å². The zero-order valence-electron chi connectivity index (χ0n) is 18.0. The largest absolute Gasteiger partial charge is 0.480 e. The molecule has 0 unspecified atom stereocenters. The van der Waals surface area contributed by atoms with Gasteiger partial charge in [0.25, 0.3) is 0 Å². The van der Waals surface area contributed by atoms with Gasteiger partial charge in [0.05, 0.1) is 0 Å². The van der Waals surface area contributed by atoms with E-state index in [9.17, 15) is 9.59 Å². The number of likely N-dealkylation sites (N-methyl/N-ethyl adjacent to an activating group) is 1. The fraction of sp³-hybridized carbons (Fsp3) is 0.773. The Bertz CT molecular complexity index is 464. The van der Waals surface area contributed by atoms with Gasteiger partial charge in [-0.05, 0) is 32.1 Å². The number of nitrogens with zero attached hydrogens (tertiary/aromatic N) is 1. The Morgan fingerprint density at radius 3 is 1.93 bits per heavy atom. The summed E-state index contributed by atoms with van der Waals surface area (Å²) in [6.45, 7) is 1.95. The molecule has 0 spiro atoms. The topological polar surface area (TPSA) is 93.5 Å². The quantitative estimate of drug-likeness (QED) is 0.138. The van der Waals surface area contributed by atoms with Gasteiger partial charge in [-0.2, -0.15) is 0 Å². The van der Waals surface area contributed by atoms with E-state index in [1.54, 1.807) is 0 Å². The Labute approximate surface area is 171 Å². The molecule has 0 atom stereocenters. The van der Waals surface area contributed by atoms with Crippen molar-refractivity contribution in [2.75, 3.05) is 13.6 Å². The van der Waals surface area contributed by atoms with Crippen molar-refractivity contribution >= 4 is 17.8 Å². The smallest absolute Gasteiger partial charge is 0.323 e. The van der Waals surface area contributed by atoms with Crippen molar-refractivity contribution in [2.24, 2.45) is 0 Å². The van der Waals surface area contributed by atoms with Crippen molar-refractivity contribution in [3.63, 3.8) is 0 Å². The van der Waals surface area contributed by atoms with Crippen molar-refractivity contribution < 1.29 is 14.7 Å². The zero-order chi connectivity index (χ0) is 21.0. The monoisotopic (exact) mass is 395 g/mol. The molecule has 0 saturated carbocycles. The number of carboxylic acids is 1. The molecule has 0 radical (unpaired) electrons. The van der Waals surface area contributed by atoms with Crippen LogP contribution in [0.2, 0.25) is 0 Å². The number of rotatable bonds is 17. The summed E-state index contributed by atoms with van der Waals surface area (Å²) in [4.78, 5) is 23.5. The van der Waals surface area contributed by atoms with Gasteiger partial charge in [0.15, 0.2) is 5.96 Å². The van der Waals surface area contributed by atoms with Gasteiger partial charge in [-0.25, -0.2) is 0 Å². The molecule has 3 N–H and O–H groups in total. The van der Waals surface area contributed by atoms with Gasteiger partial charge < -0.3 is 10.0 Å². The summed E-state index contributed by atoms with van der Waals surface area (Å²) in [5.74, 6) is -1.43. The Balaban J connectivity index is 3.46. The van der Waals surface area contributed by atoms with Crippen LogP contribution < -0.4 is 5.32 Å². The number of hydrogen-bond acceptors (Lipinski definition) is 3. The second-order valence-corrected chi connectivity index (χ2v) is 7.48. The van der Waals surface area contributed by atoms with Crippen molar-refractivity contribution in [3.8, 4) is 0 Å². The number of amides is 1. The maximum atomic E-state index is 11.7. The molecule has 0 fully saturated rings. The normalized spacial score (nSPS) is 10.9. The third-order valence-corrected chi connectivity index (χ3v) is 4.68. The van der Waals surface area contributed by atoms with E-state index in [-0.39, 0.29) is 18.4 Å². The van der Waals surface area contributed by atoms with E-state index in [2.05, 4.69) is 24.4 Å². The van der Waals surface area contributed by atoms with E-state index in [1.165, 1.54) is 69.7 Å². The van der Waals surface area contributed by atoms with Crippen LogP contribution in [-0.2, 0) is 9.59 Å². The van der Waals surface area contributed by atoms with E-state index >= 15 is 0 Å².